The molecule has 0 aliphatic carbocycles. The lowest BCUT2D eigenvalue weighted by atomic mass is 10.1. The Balaban J connectivity index is 1.56. The maximum atomic E-state index is 12.3. The minimum absolute atomic E-state index is 0.126. The number of benzene rings is 1. The summed E-state index contributed by atoms with van der Waals surface area (Å²) >= 11 is 2.94. The van der Waals surface area contributed by atoms with Crippen molar-refractivity contribution >= 4 is 45.6 Å². The van der Waals surface area contributed by atoms with Gasteiger partial charge in [-0.05, 0) is 32.4 Å². The van der Waals surface area contributed by atoms with Gasteiger partial charge < -0.3 is 5.32 Å². The SMILES string of the molecule is Cc1ccc(NC(=O)C[C@@H]2SC(Cc3nc(C)cs3)=NC2=O)c(C)c1. The van der Waals surface area contributed by atoms with Gasteiger partial charge in [-0.3, -0.25) is 9.59 Å². The molecule has 1 aliphatic rings. The van der Waals surface area contributed by atoms with Crippen LogP contribution in [0.25, 0.3) is 0 Å². The van der Waals surface area contributed by atoms with Crippen LogP contribution in [-0.2, 0) is 16.0 Å². The standard InChI is InChI=1S/C18H19N3O2S2/c1-10-4-5-13(11(2)6-10)20-15(22)7-14-18(23)21-17(25-14)8-16-19-12(3)9-24-16/h4-6,9,14H,7-8H2,1-3H3,(H,20,22)/t14-/m0/s1. The van der Waals surface area contributed by atoms with Gasteiger partial charge in [-0.2, -0.15) is 0 Å². The molecule has 1 aliphatic heterocycles. The van der Waals surface area contributed by atoms with E-state index in [2.05, 4.69) is 15.3 Å². The molecule has 1 aromatic heterocycles. The summed E-state index contributed by atoms with van der Waals surface area (Å²) in [6, 6.07) is 5.86. The van der Waals surface area contributed by atoms with Crippen molar-refractivity contribution in [3.63, 3.8) is 0 Å². The Hall–Kier alpha value is -1.99. The van der Waals surface area contributed by atoms with Crippen LogP contribution in [0, 0.1) is 20.8 Å². The number of rotatable bonds is 5. The van der Waals surface area contributed by atoms with E-state index in [9.17, 15) is 9.59 Å². The van der Waals surface area contributed by atoms with Crippen molar-refractivity contribution in [2.75, 3.05) is 5.32 Å². The van der Waals surface area contributed by atoms with Gasteiger partial charge >= 0.3 is 0 Å². The number of aryl methyl sites for hydroxylation is 3. The lowest BCUT2D eigenvalue weighted by Gasteiger charge is -2.11. The van der Waals surface area contributed by atoms with E-state index in [4.69, 9.17) is 0 Å². The van der Waals surface area contributed by atoms with E-state index in [0.29, 0.717) is 6.42 Å². The topological polar surface area (TPSA) is 71.4 Å². The van der Waals surface area contributed by atoms with Crippen molar-refractivity contribution in [2.45, 2.75) is 38.9 Å². The molecule has 0 radical (unpaired) electrons. The van der Waals surface area contributed by atoms with E-state index >= 15 is 0 Å². The minimum atomic E-state index is -0.443. The number of hydrogen-bond acceptors (Lipinski definition) is 5. The zero-order chi connectivity index (χ0) is 18.0. The smallest absolute Gasteiger partial charge is 0.260 e. The van der Waals surface area contributed by atoms with Crippen LogP contribution in [0.4, 0.5) is 5.69 Å². The number of thioether (sulfide) groups is 1. The fourth-order valence-corrected chi connectivity index (χ4v) is 4.53. The Morgan fingerprint density at radius 2 is 2.08 bits per heavy atom. The Morgan fingerprint density at radius 3 is 2.76 bits per heavy atom. The summed E-state index contributed by atoms with van der Waals surface area (Å²) < 4.78 is 0. The van der Waals surface area contributed by atoms with Gasteiger partial charge in [0, 0.05) is 29.6 Å². The minimum Gasteiger partial charge on any atom is -0.326 e. The summed E-state index contributed by atoms with van der Waals surface area (Å²) in [5.74, 6) is -0.400. The fourth-order valence-electron chi connectivity index (χ4n) is 2.58. The second-order valence-electron chi connectivity index (χ2n) is 6.08. The average molecular weight is 374 g/mol. The van der Waals surface area contributed by atoms with E-state index in [0.717, 1.165) is 32.6 Å². The molecule has 25 heavy (non-hydrogen) atoms. The van der Waals surface area contributed by atoms with Crippen LogP contribution in [0.15, 0.2) is 28.6 Å². The first kappa shape index (κ1) is 17.8. The molecule has 1 N–H and O–H groups in total. The maximum absolute atomic E-state index is 12.3. The Morgan fingerprint density at radius 1 is 1.28 bits per heavy atom. The van der Waals surface area contributed by atoms with Gasteiger partial charge in [-0.15, -0.1) is 11.3 Å². The molecular formula is C18H19N3O2S2. The van der Waals surface area contributed by atoms with Gasteiger partial charge in [0.25, 0.3) is 5.91 Å². The monoisotopic (exact) mass is 373 g/mol. The summed E-state index contributed by atoms with van der Waals surface area (Å²) in [5, 5.41) is 6.10. The van der Waals surface area contributed by atoms with Crippen molar-refractivity contribution in [3.05, 3.63) is 45.4 Å². The quantitative estimate of drug-likeness (QED) is 0.868. The highest BCUT2D eigenvalue weighted by Crippen LogP contribution is 2.28. The Bertz CT molecular complexity index is 858. The molecule has 0 spiro atoms. The van der Waals surface area contributed by atoms with E-state index in [1.165, 1.54) is 11.8 Å². The predicted octanol–water partition coefficient (Wildman–Crippen LogP) is 3.68. The maximum Gasteiger partial charge on any atom is 0.260 e. The van der Waals surface area contributed by atoms with Crippen LogP contribution < -0.4 is 5.32 Å². The zero-order valence-electron chi connectivity index (χ0n) is 14.3. The molecule has 0 saturated heterocycles. The van der Waals surface area contributed by atoms with E-state index < -0.39 is 5.25 Å². The Labute approximate surface area is 155 Å². The first-order valence-electron chi connectivity index (χ1n) is 7.97. The third kappa shape index (κ3) is 4.55. The second-order valence-corrected chi connectivity index (χ2v) is 8.30. The summed E-state index contributed by atoms with van der Waals surface area (Å²) in [6.07, 6.45) is 0.685. The molecular weight excluding hydrogens is 354 g/mol. The molecule has 2 amide bonds. The number of aromatic nitrogens is 1. The number of hydrogen-bond donors (Lipinski definition) is 1. The van der Waals surface area contributed by atoms with Crippen molar-refractivity contribution in [1.29, 1.82) is 0 Å². The van der Waals surface area contributed by atoms with Crippen molar-refractivity contribution < 1.29 is 9.59 Å². The predicted molar refractivity (Wildman–Crippen MR) is 104 cm³/mol. The number of nitrogens with zero attached hydrogens (tertiary/aromatic N) is 2. The molecule has 0 saturated carbocycles. The number of nitrogens with one attached hydrogen (secondary N) is 1. The molecule has 2 heterocycles. The van der Waals surface area contributed by atoms with E-state index in [1.807, 2.05) is 44.4 Å². The van der Waals surface area contributed by atoms with Gasteiger partial charge in [0.2, 0.25) is 5.91 Å². The molecule has 130 valence electrons. The number of aliphatic imine (C=N–C) groups is 1. The molecule has 3 rings (SSSR count). The highest BCUT2D eigenvalue weighted by Gasteiger charge is 2.30. The fraction of sp³-hybridized carbons (Fsp3) is 0.333. The summed E-state index contributed by atoms with van der Waals surface area (Å²) in [5.41, 5.74) is 3.91. The van der Waals surface area contributed by atoms with Crippen molar-refractivity contribution in [2.24, 2.45) is 4.99 Å². The third-order valence-corrected chi connectivity index (χ3v) is 5.91. The van der Waals surface area contributed by atoms with Crippen LogP contribution in [0.3, 0.4) is 0 Å². The second kappa shape index (κ2) is 7.49. The first-order valence-corrected chi connectivity index (χ1v) is 9.73. The summed E-state index contributed by atoms with van der Waals surface area (Å²) in [4.78, 5) is 32.8. The van der Waals surface area contributed by atoms with Gasteiger partial charge in [0.05, 0.1) is 10.1 Å². The van der Waals surface area contributed by atoms with Crippen LogP contribution in [0.5, 0.6) is 0 Å². The zero-order valence-corrected chi connectivity index (χ0v) is 16.0. The highest BCUT2D eigenvalue weighted by atomic mass is 32.2. The molecule has 0 bridgehead atoms. The van der Waals surface area contributed by atoms with Gasteiger partial charge in [-0.25, -0.2) is 9.98 Å². The number of amides is 2. The van der Waals surface area contributed by atoms with Crippen molar-refractivity contribution in [1.82, 2.24) is 4.98 Å². The molecule has 1 atom stereocenters. The van der Waals surface area contributed by atoms with E-state index in [1.54, 1.807) is 11.3 Å². The molecule has 1 aromatic carbocycles. The van der Waals surface area contributed by atoms with Crippen LogP contribution in [0.2, 0.25) is 0 Å². The number of thiazole rings is 1. The first-order chi connectivity index (χ1) is 11.9. The molecule has 0 unspecified atom stereocenters. The van der Waals surface area contributed by atoms with Crippen LogP contribution in [0.1, 0.15) is 28.2 Å². The van der Waals surface area contributed by atoms with Crippen LogP contribution >= 0.6 is 23.1 Å². The molecule has 0 fully saturated rings. The van der Waals surface area contributed by atoms with Gasteiger partial charge in [-0.1, -0.05) is 29.5 Å². The average Bonchev–Trinajstić information content (AvgIpc) is 3.08. The van der Waals surface area contributed by atoms with Gasteiger partial charge in [0.15, 0.2) is 0 Å². The third-order valence-electron chi connectivity index (χ3n) is 3.78. The molecule has 5 nitrogen and oxygen atoms in total. The lowest BCUT2D eigenvalue weighted by Crippen LogP contribution is -2.21. The normalized spacial score (nSPS) is 16.8. The number of anilines is 1. The van der Waals surface area contributed by atoms with Gasteiger partial charge in [0.1, 0.15) is 5.25 Å². The molecule has 7 heteroatoms. The van der Waals surface area contributed by atoms with Crippen molar-refractivity contribution in [3.8, 4) is 0 Å². The van der Waals surface area contributed by atoms with E-state index in [-0.39, 0.29) is 18.2 Å². The summed E-state index contributed by atoms with van der Waals surface area (Å²) in [7, 11) is 0. The Kier molecular flexibility index (Phi) is 5.34. The number of carbonyl (C=O) groups excluding carboxylic acids is 2. The summed E-state index contributed by atoms with van der Waals surface area (Å²) in [6.45, 7) is 5.90. The lowest BCUT2D eigenvalue weighted by molar-refractivity contribution is -0.121. The molecule has 2 aromatic rings. The highest BCUT2D eigenvalue weighted by molar-refractivity contribution is 8.15. The largest absolute Gasteiger partial charge is 0.326 e. The van der Waals surface area contributed by atoms with Crippen LogP contribution in [-0.4, -0.2) is 27.1 Å². The number of carbonyl (C=O) groups is 2.